The Morgan fingerprint density at radius 3 is 2.43 bits per heavy atom. The van der Waals surface area contributed by atoms with Crippen LogP contribution in [0.5, 0.6) is 0 Å². The Labute approximate surface area is 124 Å². The third-order valence-corrected chi connectivity index (χ3v) is 3.55. The summed E-state index contributed by atoms with van der Waals surface area (Å²) >= 11 is 0. The van der Waals surface area contributed by atoms with E-state index in [-0.39, 0.29) is 18.1 Å². The van der Waals surface area contributed by atoms with Gasteiger partial charge in [0.1, 0.15) is 18.0 Å². The molecule has 1 fully saturated rings. The Hall–Kier alpha value is -1.73. The highest BCUT2D eigenvalue weighted by Crippen LogP contribution is 2.17. The molecule has 0 aliphatic carbocycles. The maximum atomic E-state index is 12.4. The first-order valence-corrected chi connectivity index (χ1v) is 7.12. The average molecular weight is 294 g/mol. The van der Waals surface area contributed by atoms with Crippen LogP contribution < -0.4 is 5.32 Å². The highest BCUT2D eigenvalue weighted by atomic mass is 16.5. The van der Waals surface area contributed by atoms with Crippen LogP contribution in [0.2, 0.25) is 0 Å². The van der Waals surface area contributed by atoms with Crippen molar-refractivity contribution in [3.05, 3.63) is 17.8 Å². The van der Waals surface area contributed by atoms with E-state index in [1.165, 1.54) is 0 Å². The molecule has 116 valence electrons. The average Bonchev–Trinajstić information content (AvgIpc) is 2.96. The monoisotopic (exact) mass is 294 g/mol. The van der Waals surface area contributed by atoms with Gasteiger partial charge >= 0.3 is 0 Å². The second-order valence-electron chi connectivity index (χ2n) is 4.99. The second kappa shape index (κ2) is 7.33. The molecule has 0 bridgehead atoms. The molecular weight excluding hydrogens is 272 g/mol. The highest BCUT2D eigenvalue weighted by Gasteiger charge is 2.36. The largest absolute Gasteiger partial charge is 0.377 e. The molecule has 1 amide bonds. The van der Waals surface area contributed by atoms with Crippen molar-refractivity contribution in [3.8, 4) is 0 Å². The van der Waals surface area contributed by atoms with Crippen molar-refractivity contribution < 1.29 is 14.3 Å². The van der Waals surface area contributed by atoms with E-state index >= 15 is 0 Å². The number of ether oxygens (including phenoxy) is 2. The van der Waals surface area contributed by atoms with Crippen LogP contribution in [0.1, 0.15) is 23.8 Å². The molecule has 1 N–H and O–H groups in total. The molecule has 2 unspecified atom stereocenters. The van der Waals surface area contributed by atoms with Gasteiger partial charge in [0, 0.05) is 33.9 Å². The maximum absolute atomic E-state index is 12.4. The summed E-state index contributed by atoms with van der Waals surface area (Å²) in [7, 11) is 3.25. The summed E-state index contributed by atoms with van der Waals surface area (Å²) in [6.45, 7) is 3.92. The van der Waals surface area contributed by atoms with Gasteiger partial charge in [-0.25, -0.2) is 0 Å². The minimum absolute atomic E-state index is 0.0996. The zero-order valence-electron chi connectivity index (χ0n) is 12.7. The number of nitrogens with one attached hydrogen (secondary N) is 1. The van der Waals surface area contributed by atoms with Crippen LogP contribution in [0.15, 0.2) is 12.1 Å². The van der Waals surface area contributed by atoms with Crippen molar-refractivity contribution in [1.82, 2.24) is 15.1 Å². The van der Waals surface area contributed by atoms with E-state index in [2.05, 4.69) is 22.4 Å². The molecule has 2 rings (SSSR count). The highest BCUT2D eigenvalue weighted by molar-refractivity contribution is 5.92. The van der Waals surface area contributed by atoms with Gasteiger partial charge in [0.25, 0.3) is 5.91 Å². The SMILES string of the molecule is CCCNc1ccc(C(=O)N2CC(OC)C(OC)C2)nn1. The topological polar surface area (TPSA) is 76.6 Å². The fourth-order valence-electron chi connectivity index (χ4n) is 2.32. The summed E-state index contributed by atoms with van der Waals surface area (Å²) in [5.74, 6) is 0.533. The smallest absolute Gasteiger partial charge is 0.274 e. The van der Waals surface area contributed by atoms with E-state index in [0.717, 1.165) is 13.0 Å². The third kappa shape index (κ3) is 3.68. The van der Waals surface area contributed by atoms with Crippen molar-refractivity contribution >= 4 is 11.7 Å². The van der Waals surface area contributed by atoms with Gasteiger partial charge in [-0.15, -0.1) is 10.2 Å². The lowest BCUT2D eigenvalue weighted by Crippen LogP contribution is -2.31. The Morgan fingerprint density at radius 2 is 1.95 bits per heavy atom. The molecule has 2 atom stereocenters. The molecule has 7 heteroatoms. The van der Waals surface area contributed by atoms with Crippen LogP contribution in [0.3, 0.4) is 0 Å². The summed E-state index contributed by atoms with van der Waals surface area (Å²) < 4.78 is 10.7. The number of likely N-dealkylation sites (tertiary alicyclic amines) is 1. The molecular formula is C14H22N4O3. The number of rotatable bonds is 6. The van der Waals surface area contributed by atoms with Gasteiger partial charge in [0.2, 0.25) is 0 Å². The van der Waals surface area contributed by atoms with E-state index in [0.29, 0.717) is 24.6 Å². The number of carbonyl (C=O) groups excluding carboxylic acids is 1. The van der Waals surface area contributed by atoms with E-state index in [4.69, 9.17) is 9.47 Å². The van der Waals surface area contributed by atoms with Crippen molar-refractivity contribution in [2.24, 2.45) is 0 Å². The molecule has 2 heterocycles. The zero-order valence-corrected chi connectivity index (χ0v) is 12.7. The van der Waals surface area contributed by atoms with Gasteiger partial charge in [-0.2, -0.15) is 0 Å². The molecule has 0 aromatic carbocycles. The van der Waals surface area contributed by atoms with Crippen molar-refractivity contribution in [2.75, 3.05) is 39.2 Å². The number of hydrogen-bond acceptors (Lipinski definition) is 6. The lowest BCUT2D eigenvalue weighted by Gasteiger charge is -2.14. The fraction of sp³-hybridized carbons (Fsp3) is 0.643. The molecule has 1 aromatic heterocycles. The minimum atomic E-state index is -0.147. The first-order valence-electron chi connectivity index (χ1n) is 7.12. The van der Waals surface area contributed by atoms with Crippen LogP contribution >= 0.6 is 0 Å². The number of hydrogen-bond donors (Lipinski definition) is 1. The number of anilines is 1. The van der Waals surface area contributed by atoms with Crippen LogP contribution in [-0.4, -0.2) is 67.1 Å². The van der Waals surface area contributed by atoms with Gasteiger partial charge in [-0.1, -0.05) is 6.92 Å². The standard InChI is InChI=1S/C14H22N4O3/c1-4-7-15-13-6-5-10(16-17-13)14(19)18-8-11(20-2)12(9-18)21-3/h5-6,11-12H,4,7-9H2,1-3H3,(H,15,17). The predicted octanol–water partition coefficient (Wildman–Crippen LogP) is 0.784. The number of nitrogens with zero attached hydrogens (tertiary/aromatic N) is 3. The van der Waals surface area contributed by atoms with Gasteiger partial charge < -0.3 is 19.7 Å². The van der Waals surface area contributed by atoms with E-state index in [1.807, 2.05) is 0 Å². The molecule has 1 aromatic rings. The third-order valence-electron chi connectivity index (χ3n) is 3.55. The Bertz CT molecular complexity index is 454. The predicted molar refractivity (Wildman–Crippen MR) is 78.3 cm³/mol. The van der Waals surface area contributed by atoms with Gasteiger partial charge in [-0.05, 0) is 18.6 Å². The van der Waals surface area contributed by atoms with Crippen molar-refractivity contribution in [2.45, 2.75) is 25.6 Å². The molecule has 1 aliphatic heterocycles. The van der Waals surface area contributed by atoms with Gasteiger partial charge in [0.15, 0.2) is 5.69 Å². The van der Waals surface area contributed by atoms with Crippen LogP contribution in [0.25, 0.3) is 0 Å². The summed E-state index contributed by atoms with van der Waals surface area (Å²) in [5.41, 5.74) is 0.337. The molecule has 7 nitrogen and oxygen atoms in total. The second-order valence-corrected chi connectivity index (χ2v) is 4.99. The lowest BCUT2D eigenvalue weighted by atomic mass is 10.3. The normalized spacial score (nSPS) is 21.6. The van der Waals surface area contributed by atoms with Gasteiger partial charge in [-0.3, -0.25) is 4.79 Å². The Morgan fingerprint density at radius 1 is 1.29 bits per heavy atom. The minimum Gasteiger partial charge on any atom is -0.377 e. The first-order chi connectivity index (χ1) is 10.2. The maximum Gasteiger partial charge on any atom is 0.274 e. The number of carbonyl (C=O) groups is 1. The summed E-state index contributed by atoms with van der Waals surface area (Å²) in [5, 5.41) is 11.1. The summed E-state index contributed by atoms with van der Waals surface area (Å²) in [6.07, 6.45) is 0.808. The van der Waals surface area contributed by atoms with E-state index < -0.39 is 0 Å². The molecule has 1 aliphatic rings. The lowest BCUT2D eigenvalue weighted by molar-refractivity contribution is -0.00461. The van der Waals surface area contributed by atoms with Gasteiger partial charge in [0.05, 0.1) is 0 Å². The van der Waals surface area contributed by atoms with Crippen LogP contribution in [-0.2, 0) is 9.47 Å². The Balaban J connectivity index is 2.00. The van der Waals surface area contributed by atoms with Crippen LogP contribution in [0.4, 0.5) is 5.82 Å². The van der Waals surface area contributed by atoms with E-state index in [9.17, 15) is 4.79 Å². The molecule has 1 saturated heterocycles. The molecule has 21 heavy (non-hydrogen) atoms. The number of methoxy groups -OCH3 is 2. The molecule has 0 spiro atoms. The Kier molecular flexibility index (Phi) is 5.46. The fourth-order valence-corrected chi connectivity index (χ4v) is 2.32. The van der Waals surface area contributed by atoms with Crippen molar-refractivity contribution in [3.63, 3.8) is 0 Å². The summed E-state index contributed by atoms with van der Waals surface area (Å²) in [6, 6.07) is 3.46. The zero-order chi connectivity index (χ0) is 15.2. The number of amides is 1. The first kappa shape index (κ1) is 15.7. The number of aromatic nitrogens is 2. The van der Waals surface area contributed by atoms with E-state index in [1.54, 1.807) is 31.3 Å². The van der Waals surface area contributed by atoms with Crippen LogP contribution in [0, 0.1) is 0 Å². The quantitative estimate of drug-likeness (QED) is 0.835. The summed E-state index contributed by atoms with van der Waals surface area (Å²) in [4.78, 5) is 14.1. The van der Waals surface area contributed by atoms with Crippen molar-refractivity contribution in [1.29, 1.82) is 0 Å². The molecule has 0 saturated carbocycles. The molecule has 0 radical (unpaired) electrons.